The Bertz CT molecular complexity index is 1150. The molecule has 4 N–H and O–H groups in total. The number of carbonyl (C=O) groups excluding carboxylic acids is 2. The highest BCUT2D eigenvalue weighted by atomic mass is 31.2. The quantitative estimate of drug-likeness (QED) is 0.0232. The molecule has 0 aliphatic heterocycles. The molecule has 57 heavy (non-hydrogen) atoms. The average Bonchev–Trinajstić information content (AvgIpc) is 3.19. The number of unbranched alkanes of at least 4 members (excludes halogenated alkanes) is 19. The van der Waals surface area contributed by atoms with Gasteiger partial charge in [-0.2, -0.15) is 0 Å². The van der Waals surface area contributed by atoms with Crippen molar-refractivity contribution in [2.24, 2.45) is 5.73 Å². The van der Waals surface area contributed by atoms with Crippen LogP contribution in [0.15, 0.2) is 48.6 Å². The predicted molar refractivity (Wildman–Crippen MR) is 231 cm³/mol. The van der Waals surface area contributed by atoms with Gasteiger partial charge in [0.05, 0.1) is 13.2 Å². The minimum absolute atomic E-state index is 0.148. The number of carboxylic acid groups (broad SMARTS) is 1. The van der Waals surface area contributed by atoms with Gasteiger partial charge in [-0.15, -0.1) is 0 Å². The van der Waals surface area contributed by atoms with Crippen LogP contribution in [0.1, 0.15) is 187 Å². The molecule has 0 bridgehead atoms. The van der Waals surface area contributed by atoms with E-state index in [0.717, 1.165) is 83.5 Å². The summed E-state index contributed by atoms with van der Waals surface area (Å²) < 4.78 is 32.7. The topological polar surface area (TPSA) is 172 Å². The lowest BCUT2D eigenvalue weighted by Gasteiger charge is -2.20. The molecule has 0 aliphatic rings. The van der Waals surface area contributed by atoms with Crippen LogP contribution >= 0.6 is 7.82 Å². The fraction of sp³-hybridized carbons (Fsp3) is 0.756. The molecule has 0 fully saturated rings. The summed E-state index contributed by atoms with van der Waals surface area (Å²) in [6.07, 6.45) is 44.5. The molecule has 0 aromatic heterocycles. The summed E-state index contributed by atoms with van der Waals surface area (Å²) in [6.45, 7) is 2.74. The minimum atomic E-state index is -4.72. The summed E-state index contributed by atoms with van der Waals surface area (Å²) in [5.74, 6) is -2.41. The molecular weight excluding hydrogens is 745 g/mol. The molecule has 0 saturated carbocycles. The Labute approximate surface area is 345 Å². The largest absolute Gasteiger partial charge is 0.480 e. The van der Waals surface area contributed by atoms with Gasteiger partial charge in [-0.3, -0.25) is 23.4 Å². The zero-order chi connectivity index (χ0) is 42.1. The summed E-state index contributed by atoms with van der Waals surface area (Å²) in [5, 5.41) is 8.89. The molecule has 3 atom stereocenters. The van der Waals surface area contributed by atoms with Crippen molar-refractivity contribution in [2.45, 2.75) is 199 Å². The fourth-order valence-corrected chi connectivity index (χ4v) is 6.55. The number of ether oxygens (including phenoxy) is 2. The first-order valence-electron chi connectivity index (χ1n) is 22.2. The van der Waals surface area contributed by atoms with Crippen molar-refractivity contribution in [1.82, 2.24) is 0 Å². The molecule has 0 spiro atoms. The van der Waals surface area contributed by atoms with Gasteiger partial charge in [0.2, 0.25) is 0 Å². The number of phosphoric acid groups is 1. The molecule has 0 amide bonds. The van der Waals surface area contributed by atoms with Crippen LogP contribution in [0, 0.1) is 0 Å². The Morgan fingerprint density at radius 3 is 1.40 bits per heavy atom. The molecule has 0 heterocycles. The van der Waals surface area contributed by atoms with Crippen LogP contribution < -0.4 is 5.73 Å². The molecule has 0 saturated heterocycles. The smallest absolute Gasteiger partial charge is 0.472 e. The van der Waals surface area contributed by atoms with Crippen molar-refractivity contribution in [3.05, 3.63) is 48.6 Å². The number of carbonyl (C=O) groups is 3. The van der Waals surface area contributed by atoms with E-state index in [-0.39, 0.29) is 19.4 Å². The van der Waals surface area contributed by atoms with E-state index in [1.807, 2.05) is 0 Å². The van der Waals surface area contributed by atoms with Crippen LogP contribution in [0.2, 0.25) is 0 Å². The SMILES string of the molecule is CCCCC/C=C\C/C=C\CCCCCCCC(=O)OCC(COP(=O)(O)OCC(N)C(=O)O)OC(=O)CCCCCCCCC/C=C\C/C=C\CCCCCC. The maximum Gasteiger partial charge on any atom is 0.472 e. The standard InChI is InChI=1S/C45H80NO10P/c1-3-5-7-9-11-13-15-17-19-20-21-23-25-27-29-31-33-35-37-44(48)56-41(39-54-57(51,52)55-40-42(46)45(49)50)38-53-43(47)36-34-32-30-28-26-24-22-18-16-14-12-10-8-6-4-2/h12-15,18-20,22,41-42H,3-11,16-17,21,23-40,46H2,1-2H3,(H,49,50)(H,51,52)/b14-12-,15-13-,20-19-,22-18-. The minimum Gasteiger partial charge on any atom is -0.480 e. The number of allylic oxidation sites excluding steroid dienone is 8. The van der Waals surface area contributed by atoms with E-state index < -0.39 is 51.1 Å². The third kappa shape index (κ3) is 40.0. The summed E-state index contributed by atoms with van der Waals surface area (Å²) >= 11 is 0. The Morgan fingerprint density at radius 1 is 0.544 bits per heavy atom. The van der Waals surface area contributed by atoms with Crippen molar-refractivity contribution in [3.63, 3.8) is 0 Å². The lowest BCUT2D eigenvalue weighted by molar-refractivity contribution is -0.161. The zero-order valence-corrected chi connectivity index (χ0v) is 36.6. The van der Waals surface area contributed by atoms with E-state index in [4.69, 9.17) is 24.8 Å². The van der Waals surface area contributed by atoms with Crippen LogP contribution in [0.3, 0.4) is 0 Å². The van der Waals surface area contributed by atoms with Gasteiger partial charge in [0, 0.05) is 12.8 Å². The van der Waals surface area contributed by atoms with Crippen molar-refractivity contribution in [1.29, 1.82) is 0 Å². The maximum absolute atomic E-state index is 12.6. The first-order chi connectivity index (χ1) is 27.6. The first kappa shape index (κ1) is 54.4. The van der Waals surface area contributed by atoms with Crippen LogP contribution in [0.4, 0.5) is 0 Å². The van der Waals surface area contributed by atoms with Crippen molar-refractivity contribution < 1.29 is 47.5 Å². The molecule has 0 aromatic carbocycles. The van der Waals surface area contributed by atoms with Gasteiger partial charge >= 0.3 is 25.7 Å². The third-order valence-electron chi connectivity index (χ3n) is 9.30. The van der Waals surface area contributed by atoms with Gasteiger partial charge in [0.1, 0.15) is 12.6 Å². The number of esters is 2. The Kier molecular flexibility index (Phi) is 38.4. The van der Waals surface area contributed by atoms with E-state index in [2.05, 4.69) is 67.0 Å². The zero-order valence-electron chi connectivity index (χ0n) is 35.7. The number of phosphoric ester groups is 1. The summed E-state index contributed by atoms with van der Waals surface area (Å²) in [6, 6.07) is -1.53. The molecule has 0 aromatic rings. The van der Waals surface area contributed by atoms with E-state index in [1.54, 1.807) is 0 Å². The predicted octanol–water partition coefficient (Wildman–Crippen LogP) is 11.8. The molecule has 0 rings (SSSR count). The van der Waals surface area contributed by atoms with Gasteiger partial charge in [-0.25, -0.2) is 4.57 Å². The van der Waals surface area contributed by atoms with Gasteiger partial charge in [-0.05, 0) is 77.0 Å². The summed E-state index contributed by atoms with van der Waals surface area (Å²) in [7, 11) is -4.72. The number of hydrogen-bond acceptors (Lipinski definition) is 9. The van der Waals surface area contributed by atoms with Gasteiger partial charge in [0.15, 0.2) is 6.10 Å². The molecule has 0 aliphatic carbocycles. The Morgan fingerprint density at radius 2 is 0.930 bits per heavy atom. The normalized spacial score (nSPS) is 14.2. The average molecular weight is 826 g/mol. The molecule has 11 nitrogen and oxygen atoms in total. The summed E-state index contributed by atoms with van der Waals surface area (Å²) in [4.78, 5) is 46.0. The molecular formula is C45H80NO10P. The van der Waals surface area contributed by atoms with Crippen LogP contribution in [-0.4, -0.2) is 59.9 Å². The van der Waals surface area contributed by atoms with E-state index >= 15 is 0 Å². The monoisotopic (exact) mass is 826 g/mol. The maximum atomic E-state index is 12.6. The number of hydrogen-bond donors (Lipinski definition) is 3. The van der Waals surface area contributed by atoms with E-state index in [1.165, 1.54) is 64.2 Å². The number of nitrogens with two attached hydrogens (primary N) is 1. The Hall–Kier alpha value is -2.56. The molecule has 12 heteroatoms. The van der Waals surface area contributed by atoms with Crippen molar-refractivity contribution >= 4 is 25.7 Å². The molecule has 330 valence electrons. The number of rotatable bonds is 41. The second kappa shape index (κ2) is 40.2. The third-order valence-corrected chi connectivity index (χ3v) is 10.3. The highest BCUT2D eigenvalue weighted by Crippen LogP contribution is 2.43. The van der Waals surface area contributed by atoms with Crippen LogP contribution in [0.5, 0.6) is 0 Å². The van der Waals surface area contributed by atoms with Crippen LogP contribution in [-0.2, 0) is 37.5 Å². The first-order valence-corrected chi connectivity index (χ1v) is 23.7. The number of aliphatic carboxylic acids is 1. The van der Waals surface area contributed by atoms with E-state index in [9.17, 15) is 23.8 Å². The van der Waals surface area contributed by atoms with E-state index in [0.29, 0.717) is 12.8 Å². The fourth-order valence-electron chi connectivity index (χ4n) is 5.77. The van der Waals surface area contributed by atoms with Crippen LogP contribution in [0.25, 0.3) is 0 Å². The molecule has 0 radical (unpaired) electrons. The second-order valence-electron chi connectivity index (χ2n) is 14.8. The molecule has 3 unspecified atom stereocenters. The van der Waals surface area contributed by atoms with Crippen molar-refractivity contribution in [2.75, 3.05) is 19.8 Å². The Balaban J connectivity index is 4.39. The van der Waals surface area contributed by atoms with Gasteiger partial charge < -0.3 is 25.2 Å². The lowest BCUT2D eigenvalue weighted by atomic mass is 10.1. The second-order valence-corrected chi connectivity index (χ2v) is 16.3. The number of carboxylic acids is 1. The van der Waals surface area contributed by atoms with Gasteiger partial charge in [-0.1, -0.05) is 146 Å². The highest BCUT2D eigenvalue weighted by molar-refractivity contribution is 7.47. The van der Waals surface area contributed by atoms with Crippen molar-refractivity contribution in [3.8, 4) is 0 Å². The van der Waals surface area contributed by atoms with Gasteiger partial charge in [0.25, 0.3) is 0 Å². The summed E-state index contributed by atoms with van der Waals surface area (Å²) in [5.41, 5.74) is 5.33. The highest BCUT2D eigenvalue weighted by Gasteiger charge is 2.28. The lowest BCUT2D eigenvalue weighted by Crippen LogP contribution is -2.34.